The summed E-state index contributed by atoms with van der Waals surface area (Å²) in [6.07, 6.45) is -11.6. The third-order valence-electron chi connectivity index (χ3n) is 4.42. The molecular formula is C19H14F6N2O2. The van der Waals surface area contributed by atoms with Gasteiger partial charge >= 0.3 is 12.4 Å². The van der Waals surface area contributed by atoms with Crippen molar-refractivity contribution in [2.24, 2.45) is 0 Å². The first-order valence-corrected chi connectivity index (χ1v) is 8.20. The van der Waals surface area contributed by atoms with Crippen LogP contribution >= 0.6 is 0 Å². The number of aromatic nitrogens is 1. The Morgan fingerprint density at radius 3 is 1.93 bits per heavy atom. The smallest absolute Gasteiger partial charge is 0.369 e. The zero-order valence-electron chi connectivity index (χ0n) is 14.6. The van der Waals surface area contributed by atoms with Crippen LogP contribution in [0.2, 0.25) is 0 Å². The van der Waals surface area contributed by atoms with Crippen molar-refractivity contribution >= 4 is 5.88 Å². The molecule has 0 unspecified atom stereocenters. The van der Waals surface area contributed by atoms with E-state index in [0.29, 0.717) is 17.8 Å². The lowest BCUT2D eigenvalue weighted by Gasteiger charge is -2.32. The molecule has 2 aromatic carbocycles. The lowest BCUT2D eigenvalue weighted by molar-refractivity contribution is -0.376. The molecule has 0 atom stereocenters. The molecule has 0 spiro atoms. The molecule has 0 aliphatic heterocycles. The van der Waals surface area contributed by atoms with E-state index in [4.69, 9.17) is 10.3 Å². The highest BCUT2D eigenvalue weighted by Gasteiger charge is 2.71. The SMILES string of the molecule is Nc1onc(Cc2ccccc2)c1-c1ccc(C(O)(C(F)(F)F)C(F)(F)F)cc1. The van der Waals surface area contributed by atoms with Crippen LogP contribution in [0.25, 0.3) is 11.1 Å². The van der Waals surface area contributed by atoms with Gasteiger partial charge in [-0.05, 0) is 11.1 Å². The molecule has 3 rings (SSSR count). The van der Waals surface area contributed by atoms with Crippen LogP contribution in [0.5, 0.6) is 0 Å². The van der Waals surface area contributed by atoms with Crippen molar-refractivity contribution in [2.75, 3.05) is 5.73 Å². The molecule has 10 heteroatoms. The fourth-order valence-corrected chi connectivity index (χ4v) is 2.92. The minimum absolute atomic E-state index is 0.134. The summed E-state index contributed by atoms with van der Waals surface area (Å²) in [5.41, 5.74) is 1.06. The molecule has 1 aromatic heterocycles. The lowest BCUT2D eigenvalue weighted by atomic mass is 9.90. The van der Waals surface area contributed by atoms with Gasteiger partial charge in [-0.15, -0.1) is 0 Å². The molecule has 0 fully saturated rings. The Kier molecular flexibility index (Phi) is 5.08. The number of nitrogen functional groups attached to an aromatic ring is 1. The van der Waals surface area contributed by atoms with Gasteiger partial charge < -0.3 is 15.4 Å². The van der Waals surface area contributed by atoms with E-state index in [1.807, 2.05) is 18.2 Å². The van der Waals surface area contributed by atoms with E-state index in [2.05, 4.69) is 5.16 Å². The zero-order valence-corrected chi connectivity index (χ0v) is 14.6. The van der Waals surface area contributed by atoms with E-state index >= 15 is 0 Å². The highest BCUT2D eigenvalue weighted by molar-refractivity contribution is 5.75. The molecule has 3 N–H and O–H groups in total. The molecule has 4 nitrogen and oxygen atoms in total. The number of benzene rings is 2. The van der Waals surface area contributed by atoms with Gasteiger partial charge in [0.2, 0.25) is 5.88 Å². The average Bonchev–Trinajstić information content (AvgIpc) is 3.00. The first-order valence-electron chi connectivity index (χ1n) is 8.20. The van der Waals surface area contributed by atoms with Crippen molar-refractivity contribution in [2.45, 2.75) is 24.4 Å². The maximum absolute atomic E-state index is 13.0. The standard InChI is InChI=1S/C19H14F6N2O2/c20-18(21,22)17(28,19(23,24)25)13-8-6-12(7-9-13)15-14(27-29-16(15)26)10-11-4-2-1-3-5-11/h1-9,28H,10,26H2. The number of hydrogen-bond acceptors (Lipinski definition) is 4. The van der Waals surface area contributed by atoms with Crippen molar-refractivity contribution < 1.29 is 36.0 Å². The molecule has 0 saturated carbocycles. The van der Waals surface area contributed by atoms with Crippen molar-refractivity contribution in [3.8, 4) is 11.1 Å². The Morgan fingerprint density at radius 1 is 0.862 bits per heavy atom. The number of nitrogens with two attached hydrogens (primary N) is 1. The Morgan fingerprint density at radius 2 is 1.41 bits per heavy atom. The van der Waals surface area contributed by atoms with E-state index in [1.165, 1.54) is 0 Å². The molecule has 1 heterocycles. The molecular weight excluding hydrogens is 402 g/mol. The highest BCUT2D eigenvalue weighted by atomic mass is 19.4. The third kappa shape index (κ3) is 3.67. The van der Waals surface area contributed by atoms with Crippen LogP contribution < -0.4 is 5.73 Å². The Balaban J connectivity index is 2.01. The fraction of sp³-hybridized carbons (Fsp3) is 0.211. The minimum Gasteiger partial charge on any atom is -0.369 e. The molecule has 0 bridgehead atoms. The fourth-order valence-electron chi connectivity index (χ4n) is 2.92. The van der Waals surface area contributed by atoms with Crippen molar-refractivity contribution in [1.29, 1.82) is 0 Å². The second-order valence-electron chi connectivity index (χ2n) is 6.31. The summed E-state index contributed by atoms with van der Waals surface area (Å²) < 4.78 is 83.0. The molecule has 0 radical (unpaired) electrons. The quantitative estimate of drug-likeness (QED) is 0.598. The van der Waals surface area contributed by atoms with E-state index in [1.54, 1.807) is 12.1 Å². The number of alkyl halides is 6. The van der Waals surface area contributed by atoms with E-state index in [0.717, 1.165) is 17.7 Å². The average molecular weight is 416 g/mol. The zero-order chi connectivity index (χ0) is 21.4. The lowest BCUT2D eigenvalue weighted by Crippen LogP contribution is -2.53. The molecule has 0 saturated heterocycles. The van der Waals surface area contributed by atoms with Crippen molar-refractivity contribution in [3.63, 3.8) is 0 Å². The number of hydrogen-bond donors (Lipinski definition) is 2. The second kappa shape index (κ2) is 7.11. The Hall–Kier alpha value is -3.01. The highest BCUT2D eigenvalue weighted by Crippen LogP contribution is 2.50. The van der Waals surface area contributed by atoms with Crippen LogP contribution in [0.3, 0.4) is 0 Å². The summed E-state index contributed by atoms with van der Waals surface area (Å²) in [7, 11) is 0. The van der Waals surface area contributed by atoms with Crippen LogP contribution in [0.15, 0.2) is 59.1 Å². The van der Waals surface area contributed by atoms with Gasteiger partial charge in [0, 0.05) is 12.0 Å². The van der Waals surface area contributed by atoms with E-state index in [-0.39, 0.29) is 23.4 Å². The number of halogens is 6. The van der Waals surface area contributed by atoms with Crippen LogP contribution in [0.1, 0.15) is 16.8 Å². The maximum atomic E-state index is 13.0. The summed E-state index contributed by atoms with van der Waals surface area (Å²) in [6, 6.07) is 12.1. The first kappa shape index (κ1) is 20.7. The molecule has 154 valence electrons. The van der Waals surface area contributed by atoms with Gasteiger partial charge in [-0.3, -0.25) is 0 Å². The Labute approximate surface area is 160 Å². The number of aliphatic hydroxyl groups is 1. The van der Waals surface area contributed by atoms with Crippen LogP contribution in [0.4, 0.5) is 32.2 Å². The van der Waals surface area contributed by atoms with Gasteiger partial charge in [-0.25, -0.2) is 0 Å². The molecule has 0 aliphatic rings. The van der Waals surface area contributed by atoms with Gasteiger partial charge in [0.25, 0.3) is 5.60 Å². The van der Waals surface area contributed by atoms with Gasteiger partial charge in [0.05, 0.1) is 11.3 Å². The molecule has 0 aliphatic carbocycles. The van der Waals surface area contributed by atoms with E-state index in [9.17, 15) is 31.4 Å². The molecule has 0 amide bonds. The second-order valence-corrected chi connectivity index (χ2v) is 6.31. The van der Waals surface area contributed by atoms with Gasteiger partial charge in [0.1, 0.15) is 0 Å². The topological polar surface area (TPSA) is 72.3 Å². The predicted molar refractivity (Wildman–Crippen MR) is 91.6 cm³/mol. The van der Waals surface area contributed by atoms with Crippen LogP contribution in [-0.2, 0) is 12.0 Å². The summed E-state index contributed by atoms with van der Waals surface area (Å²) in [6.45, 7) is 0. The summed E-state index contributed by atoms with van der Waals surface area (Å²) in [4.78, 5) is 0. The maximum Gasteiger partial charge on any atom is 0.430 e. The van der Waals surface area contributed by atoms with Crippen LogP contribution in [0, 0.1) is 0 Å². The summed E-state index contributed by atoms with van der Waals surface area (Å²) in [5.74, 6) is -0.134. The number of nitrogens with zero attached hydrogens (tertiary/aromatic N) is 1. The Bertz CT molecular complexity index is 965. The summed E-state index contributed by atoms with van der Waals surface area (Å²) >= 11 is 0. The van der Waals surface area contributed by atoms with Gasteiger partial charge in [0.15, 0.2) is 0 Å². The van der Waals surface area contributed by atoms with E-state index < -0.39 is 23.5 Å². The number of anilines is 1. The first-order chi connectivity index (χ1) is 13.4. The van der Waals surface area contributed by atoms with Gasteiger partial charge in [-0.2, -0.15) is 26.3 Å². The minimum atomic E-state index is -5.96. The predicted octanol–water partition coefficient (Wildman–Crippen LogP) is 4.83. The number of rotatable bonds is 4. The normalized spacial score (nSPS) is 12.9. The molecule has 3 aromatic rings. The van der Waals surface area contributed by atoms with Crippen molar-refractivity contribution in [3.05, 3.63) is 71.4 Å². The summed E-state index contributed by atoms with van der Waals surface area (Å²) in [5, 5.41) is 13.3. The van der Waals surface area contributed by atoms with Crippen LogP contribution in [-0.4, -0.2) is 22.6 Å². The van der Waals surface area contributed by atoms with Gasteiger partial charge in [-0.1, -0.05) is 59.8 Å². The largest absolute Gasteiger partial charge is 0.430 e. The monoisotopic (exact) mass is 416 g/mol. The van der Waals surface area contributed by atoms with Crippen molar-refractivity contribution in [1.82, 2.24) is 5.16 Å². The molecule has 29 heavy (non-hydrogen) atoms. The third-order valence-corrected chi connectivity index (χ3v) is 4.42.